The van der Waals surface area contributed by atoms with Crippen LogP contribution in [0.4, 0.5) is 11.4 Å². The van der Waals surface area contributed by atoms with Gasteiger partial charge in [-0.15, -0.1) is 0 Å². The predicted molar refractivity (Wildman–Crippen MR) is 118 cm³/mol. The van der Waals surface area contributed by atoms with Crippen molar-refractivity contribution < 1.29 is 13.2 Å². The van der Waals surface area contributed by atoms with Gasteiger partial charge in [0.05, 0.1) is 11.9 Å². The summed E-state index contributed by atoms with van der Waals surface area (Å²) in [5.41, 5.74) is 1.42. The van der Waals surface area contributed by atoms with Crippen molar-refractivity contribution in [2.75, 3.05) is 41.6 Å². The Balaban J connectivity index is 1.72. The normalized spacial score (nSPS) is 15.9. The fourth-order valence-electron chi connectivity index (χ4n) is 3.51. The highest BCUT2D eigenvalue weighted by Gasteiger charge is 2.33. The summed E-state index contributed by atoms with van der Waals surface area (Å²) in [7, 11) is -3.65. The second-order valence-corrected chi connectivity index (χ2v) is 9.74. The van der Waals surface area contributed by atoms with Crippen molar-refractivity contribution in [1.82, 2.24) is 4.90 Å². The molecule has 1 unspecified atom stereocenters. The molecule has 0 radical (unpaired) electrons. The Labute approximate surface area is 181 Å². The van der Waals surface area contributed by atoms with Crippen molar-refractivity contribution in [3.8, 4) is 0 Å². The minimum atomic E-state index is -3.65. The summed E-state index contributed by atoms with van der Waals surface area (Å²) in [6, 6.07) is 13.2. The first-order chi connectivity index (χ1) is 13.7. The van der Waals surface area contributed by atoms with Crippen LogP contribution in [0.15, 0.2) is 48.5 Å². The van der Waals surface area contributed by atoms with Gasteiger partial charge in [-0.25, -0.2) is 8.42 Å². The van der Waals surface area contributed by atoms with Crippen LogP contribution in [-0.2, 0) is 14.8 Å². The van der Waals surface area contributed by atoms with Crippen molar-refractivity contribution in [2.24, 2.45) is 0 Å². The zero-order valence-electron chi connectivity index (χ0n) is 16.3. The van der Waals surface area contributed by atoms with Crippen molar-refractivity contribution in [2.45, 2.75) is 13.0 Å². The summed E-state index contributed by atoms with van der Waals surface area (Å²) in [4.78, 5) is 16.9. The van der Waals surface area contributed by atoms with Crippen LogP contribution in [0.5, 0.6) is 0 Å². The zero-order chi connectivity index (χ0) is 21.2. The fourth-order valence-corrected chi connectivity index (χ4v) is 4.99. The Morgan fingerprint density at radius 2 is 1.62 bits per heavy atom. The molecule has 3 rings (SSSR count). The molecule has 0 N–H and O–H groups in total. The molecule has 0 bridgehead atoms. The molecule has 1 aliphatic heterocycles. The number of nitrogens with zero attached hydrogens (tertiary/aromatic N) is 3. The van der Waals surface area contributed by atoms with Gasteiger partial charge in [0.2, 0.25) is 15.9 Å². The van der Waals surface area contributed by atoms with Crippen LogP contribution in [0.2, 0.25) is 10.0 Å². The molecular weight excluding hydrogens is 433 g/mol. The average molecular weight is 456 g/mol. The molecule has 1 atom stereocenters. The van der Waals surface area contributed by atoms with Crippen LogP contribution in [0, 0.1) is 0 Å². The van der Waals surface area contributed by atoms with Crippen LogP contribution in [0.3, 0.4) is 0 Å². The van der Waals surface area contributed by atoms with Gasteiger partial charge < -0.3 is 9.80 Å². The molecule has 0 aliphatic carbocycles. The van der Waals surface area contributed by atoms with Gasteiger partial charge in [0.15, 0.2) is 0 Å². The second kappa shape index (κ2) is 8.81. The van der Waals surface area contributed by atoms with E-state index < -0.39 is 16.1 Å². The number of piperazine rings is 1. The van der Waals surface area contributed by atoms with E-state index in [1.807, 2.05) is 24.3 Å². The number of sulfonamides is 1. The van der Waals surface area contributed by atoms with Gasteiger partial charge in [0, 0.05) is 41.9 Å². The van der Waals surface area contributed by atoms with Gasteiger partial charge in [-0.2, -0.15) is 0 Å². The van der Waals surface area contributed by atoms with E-state index in [1.54, 1.807) is 36.1 Å². The molecule has 1 fully saturated rings. The highest BCUT2D eigenvalue weighted by Crippen LogP contribution is 2.25. The Morgan fingerprint density at radius 1 is 1.00 bits per heavy atom. The standard InChI is InChI=1S/C20H23Cl2N3O3S/c1-15(25(29(2,27)28)18-8-6-16(21)7-9-18)20(26)24-12-10-23(11-13-24)19-5-3-4-17(22)14-19/h3-9,14-15H,10-13H2,1-2H3. The third-order valence-electron chi connectivity index (χ3n) is 4.91. The van der Waals surface area contributed by atoms with Gasteiger partial charge in [0.1, 0.15) is 6.04 Å². The predicted octanol–water partition coefficient (Wildman–Crippen LogP) is 3.50. The average Bonchev–Trinajstić information content (AvgIpc) is 2.68. The molecule has 2 aromatic carbocycles. The highest BCUT2D eigenvalue weighted by molar-refractivity contribution is 7.92. The monoisotopic (exact) mass is 455 g/mol. The summed E-state index contributed by atoms with van der Waals surface area (Å²) in [5, 5.41) is 1.17. The summed E-state index contributed by atoms with van der Waals surface area (Å²) in [6.45, 7) is 3.93. The van der Waals surface area contributed by atoms with Crippen molar-refractivity contribution >= 4 is 50.5 Å². The fraction of sp³-hybridized carbons (Fsp3) is 0.350. The first-order valence-corrected chi connectivity index (χ1v) is 11.8. The first kappa shape index (κ1) is 21.7. The number of hydrogen-bond acceptors (Lipinski definition) is 4. The van der Waals surface area contributed by atoms with E-state index in [0.717, 1.165) is 16.2 Å². The summed E-state index contributed by atoms with van der Waals surface area (Å²) >= 11 is 12.0. The molecule has 1 heterocycles. The maximum Gasteiger partial charge on any atom is 0.246 e. The van der Waals surface area contributed by atoms with E-state index in [9.17, 15) is 13.2 Å². The molecule has 0 spiro atoms. The molecule has 29 heavy (non-hydrogen) atoms. The number of hydrogen-bond donors (Lipinski definition) is 0. The van der Waals surface area contributed by atoms with E-state index in [2.05, 4.69) is 4.90 Å². The molecule has 1 aliphatic rings. The smallest absolute Gasteiger partial charge is 0.246 e. The molecule has 0 aromatic heterocycles. The van der Waals surface area contributed by atoms with Gasteiger partial charge in [-0.1, -0.05) is 29.3 Å². The Bertz CT molecular complexity index is 975. The van der Waals surface area contributed by atoms with E-state index in [4.69, 9.17) is 23.2 Å². The number of rotatable bonds is 5. The van der Waals surface area contributed by atoms with Crippen molar-refractivity contribution in [3.63, 3.8) is 0 Å². The molecule has 2 aromatic rings. The lowest BCUT2D eigenvalue weighted by molar-refractivity contribution is -0.132. The van der Waals surface area contributed by atoms with Crippen molar-refractivity contribution in [3.05, 3.63) is 58.6 Å². The molecule has 1 saturated heterocycles. The third kappa shape index (κ3) is 5.15. The van der Waals surface area contributed by atoms with Gasteiger partial charge in [-0.3, -0.25) is 9.10 Å². The van der Waals surface area contributed by atoms with Crippen LogP contribution in [-0.4, -0.2) is 57.7 Å². The zero-order valence-corrected chi connectivity index (χ0v) is 18.6. The number of anilines is 2. The van der Waals surface area contributed by atoms with Crippen LogP contribution < -0.4 is 9.21 Å². The molecule has 0 saturated carbocycles. The highest BCUT2D eigenvalue weighted by atomic mass is 35.5. The Morgan fingerprint density at radius 3 is 2.17 bits per heavy atom. The molecular formula is C20H23Cl2N3O3S. The quantitative estimate of drug-likeness (QED) is 0.691. The maximum atomic E-state index is 13.1. The van der Waals surface area contributed by atoms with Crippen molar-refractivity contribution in [1.29, 1.82) is 0 Å². The largest absolute Gasteiger partial charge is 0.368 e. The van der Waals surface area contributed by atoms with E-state index >= 15 is 0 Å². The number of carbonyl (C=O) groups is 1. The third-order valence-corrected chi connectivity index (χ3v) is 6.64. The lowest BCUT2D eigenvalue weighted by Crippen LogP contribution is -2.55. The van der Waals surface area contributed by atoms with Crippen LogP contribution >= 0.6 is 23.2 Å². The summed E-state index contributed by atoms with van der Waals surface area (Å²) < 4.78 is 26.0. The summed E-state index contributed by atoms with van der Waals surface area (Å²) in [5.74, 6) is -0.226. The van der Waals surface area contributed by atoms with Gasteiger partial charge >= 0.3 is 0 Å². The number of carbonyl (C=O) groups excluding carboxylic acids is 1. The van der Waals surface area contributed by atoms with E-state index in [-0.39, 0.29) is 5.91 Å². The topological polar surface area (TPSA) is 60.9 Å². The van der Waals surface area contributed by atoms with E-state index in [0.29, 0.717) is 41.9 Å². The number of halogens is 2. The minimum Gasteiger partial charge on any atom is -0.368 e. The second-order valence-electron chi connectivity index (χ2n) is 7.00. The number of amides is 1. The van der Waals surface area contributed by atoms with Gasteiger partial charge in [-0.05, 0) is 49.4 Å². The van der Waals surface area contributed by atoms with Crippen LogP contribution in [0.1, 0.15) is 6.92 Å². The summed E-state index contributed by atoms with van der Waals surface area (Å²) in [6.07, 6.45) is 1.10. The maximum absolute atomic E-state index is 13.1. The Hall–Kier alpha value is -1.96. The first-order valence-electron chi connectivity index (χ1n) is 9.21. The molecule has 6 nitrogen and oxygen atoms in total. The molecule has 1 amide bonds. The lowest BCUT2D eigenvalue weighted by atomic mass is 10.2. The Kier molecular flexibility index (Phi) is 6.61. The lowest BCUT2D eigenvalue weighted by Gasteiger charge is -2.39. The molecule has 156 valence electrons. The minimum absolute atomic E-state index is 0.226. The van der Waals surface area contributed by atoms with Gasteiger partial charge in [0.25, 0.3) is 0 Å². The SMILES string of the molecule is CC(C(=O)N1CCN(c2cccc(Cl)c2)CC1)N(c1ccc(Cl)cc1)S(C)(=O)=O. The van der Waals surface area contributed by atoms with Crippen LogP contribution in [0.25, 0.3) is 0 Å². The van der Waals surface area contributed by atoms with E-state index in [1.165, 1.54) is 0 Å². The molecule has 9 heteroatoms. The number of benzene rings is 2.